The number of hydrogen-bond donors (Lipinski definition) is 2. The molecule has 2 bridgehead atoms. The van der Waals surface area contributed by atoms with Crippen molar-refractivity contribution in [3.05, 3.63) is 58.9 Å². The number of aliphatic hydroxyl groups is 2. The zero-order valence-corrected chi connectivity index (χ0v) is 15.9. The van der Waals surface area contributed by atoms with Crippen LogP contribution in [0.15, 0.2) is 46.5 Å². The van der Waals surface area contributed by atoms with Gasteiger partial charge in [0.2, 0.25) is 0 Å². The fourth-order valence-corrected chi connectivity index (χ4v) is 5.15. The molecule has 7 nitrogen and oxygen atoms in total. The maximum Gasteiger partial charge on any atom is 0.260 e. The van der Waals surface area contributed by atoms with Gasteiger partial charge in [0.15, 0.2) is 5.76 Å². The van der Waals surface area contributed by atoms with Crippen LogP contribution in [0.1, 0.15) is 35.5 Å². The van der Waals surface area contributed by atoms with E-state index in [1.165, 1.54) is 0 Å². The van der Waals surface area contributed by atoms with Crippen LogP contribution in [0.5, 0.6) is 5.88 Å². The van der Waals surface area contributed by atoms with Gasteiger partial charge in [0.1, 0.15) is 18.3 Å². The molecular weight excluding hydrogens is 360 g/mol. The predicted molar refractivity (Wildman–Crippen MR) is 99.5 cm³/mol. The van der Waals surface area contributed by atoms with Gasteiger partial charge in [-0.1, -0.05) is 36.4 Å². The van der Waals surface area contributed by atoms with Crippen LogP contribution in [0.2, 0.25) is 0 Å². The summed E-state index contributed by atoms with van der Waals surface area (Å²) in [6.07, 6.45) is 1.60. The standard InChI is InChI=1S/C21H24N2O5/c1-23(2)17-15-9-14-8-13(10-24)21(15,27-14)19(25)16-18(17)28-22-20(16)26-11-12-6-4-3-5-7-12/h3-8,14-15,17,19,24-25H,9-11H2,1-2H3/t14-,15+,17+,19+,21-/m1/s1. The van der Waals surface area contributed by atoms with Gasteiger partial charge in [-0.15, -0.1) is 0 Å². The first-order valence-electron chi connectivity index (χ1n) is 9.56. The Labute approximate surface area is 163 Å². The van der Waals surface area contributed by atoms with Crippen LogP contribution in [-0.2, 0) is 11.3 Å². The largest absolute Gasteiger partial charge is 0.470 e. The average Bonchev–Trinajstić information content (AvgIpc) is 3.38. The van der Waals surface area contributed by atoms with Gasteiger partial charge in [0.25, 0.3) is 5.88 Å². The smallest absolute Gasteiger partial charge is 0.260 e. The van der Waals surface area contributed by atoms with Crippen LogP contribution in [0, 0.1) is 5.92 Å². The minimum Gasteiger partial charge on any atom is -0.470 e. The molecule has 3 aliphatic rings. The number of ether oxygens (including phenoxy) is 2. The molecule has 1 spiro atoms. The summed E-state index contributed by atoms with van der Waals surface area (Å²) in [4.78, 5) is 2.06. The number of aliphatic hydroxyl groups excluding tert-OH is 2. The van der Waals surface area contributed by atoms with Crippen molar-refractivity contribution >= 4 is 0 Å². The summed E-state index contributed by atoms with van der Waals surface area (Å²) in [5.41, 5.74) is 1.29. The fourth-order valence-electron chi connectivity index (χ4n) is 5.15. The molecule has 1 saturated heterocycles. The third-order valence-corrected chi connectivity index (χ3v) is 6.27. The van der Waals surface area contributed by atoms with Crippen LogP contribution in [0.3, 0.4) is 0 Å². The van der Waals surface area contributed by atoms with E-state index in [4.69, 9.17) is 14.0 Å². The molecule has 7 heteroatoms. The molecule has 0 saturated carbocycles. The van der Waals surface area contributed by atoms with E-state index in [0.29, 0.717) is 17.9 Å². The van der Waals surface area contributed by atoms with E-state index in [1.54, 1.807) is 0 Å². The van der Waals surface area contributed by atoms with Crippen molar-refractivity contribution in [2.45, 2.75) is 36.9 Å². The van der Waals surface area contributed by atoms with Crippen LogP contribution in [-0.4, -0.2) is 52.7 Å². The summed E-state index contributed by atoms with van der Waals surface area (Å²) in [6.45, 7) is 0.173. The van der Waals surface area contributed by atoms with Crippen LogP contribution in [0.25, 0.3) is 0 Å². The Morgan fingerprint density at radius 1 is 1.29 bits per heavy atom. The van der Waals surface area contributed by atoms with E-state index in [-0.39, 0.29) is 30.6 Å². The Morgan fingerprint density at radius 3 is 2.79 bits per heavy atom. The van der Waals surface area contributed by atoms with E-state index in [1.807, 2.05) is 50.5 Å². The number of hydrogen-bond acceptors (Lipinski definition) is 7. The Hall–Kier alpha value is -2.19. The van der Waals surface area contributed by atoms with Crippen molar-refractivity contribution in [1.29, 1.82) is 0 Å². The van der Waals surface area contributed by atoms with Gasteiger partial charge in [0.05, 0.1) is 24.3 Å². The molecule has 2 aromatic rings. The van der Waals surface area contributed by atoms with Crippen molar-refractivity contribution in [1.82, 2.24) is 10.1 Å². The molecule has 28 heavy (non-hydrogen) atoms. The molecule has 1 fully saturated rings. The first-order valence-corrected chi connectivity index (χ1v) is 9.56. The van der Waals surface area contributed by atoms with Crippen molar-refractivity contribution in [3.63, 3.8) is 0 Å². The summed E-state index contributed by atoms with van der Waals surface area (Å²) in [6, 6.07) is 9.65. The van der Waals surface area contributed by atoms with Crippen molar-refractivity contribution in [2.75, 3.05) is 20.7 Å². The Kier molecular flexibility index (Phi) is 4.10. The lowest BCUT2D eigenvalue weighted by Gasteiger charge is -2.46. The first-order chi connectivity index (χ1) is 13.6. The SMILES string of the molecule is CN(C)[C@@H]1c2onc(OCc3ccccc3)c2[C@H](O)[C@@]23O[C@H](C=C2CO)C[C@@H]13. The number of benzene rings is 1. The molecule has 0 unspecified atom stereocenters. The lowest BCUT2D eigenvalue weighted by Crippen LogP contribution is -2.52. The molecule has 1 aromatic heterocycles. The number of fused-ring (bicyclic) bond motifs is 2. The monoisotopic (exact) mass is 384 g/mol. The summed E-state index contributed by atoms with van der Waals surface area (Å²) < 4.78 is 17.9. The Morgan fingerprint density at radius 2 is 2.07 bits per heavy atom. The maximum atomic E-state index is 11.4. The molecule has 2 aliphatic heterocycles. The molecule has 0 amide bonds. The molecule has 5 rings (SSSR count). The molecule has 1 aromatic carbocycles. The molecule has 148 valence electrons. The molecule has 0 radical (unpaired) electrons. The fraction of sp³-hybridized carbons (Fsp3) is 0.476. The Balaban J connectivity index is 1.56. The van der Waals surface area contributed by atoms with E-state index in [9.17, 15) is 10.2 Å². The molecular formula is C21H24N2O5. The molecule has 5 atom stereocenters. The number of nitrogens with zero attached hydrogens (tertiary/aromatic N) is 2. The highest BCUT2D eigenvalue weighted by Crippen LogP contribution is 2.63. The second kappa shape index (κ2) is 6.42. The third-order valence-electron chi connectivity index (χ3n) is 6.27. The summed E-state index contributed by atoms with van der Waals surface area (Å²) >= 11 is 0. The van der Waals surface area contributed by atoms with Crippen LogP contribution < -0.4 is 4.74 Å². The van der Waals surface area contributed by atoms with Gasteiger partial charge in [-0.3, -0.25) is 4.90 Å². The van der Waals surface area contributed by atoms with E-state index < -0.39 is 11.7 Å². The van der Waals surface area contributed by atoms with Crippen molar-refractivity contribution in [2.24, 2.45) is 5.92 Å². The molecule has 2 N–H and O–H groups in total. The zero-order valence-electron chi connectivity index (χ0n) is 15.9. The van der Waals surface area contributed by atoms with Crippen molar-refractivity contribution < 1.29 is 24.2 Å². The number of aromatic nitrogens is 1. The summed E-state index contributed by atoms with van der Waals surface area (Å²) in [5.74, 6) is 0.865. The summed E-state index contributed by atoms with van der Waals surface area (Å²) in [5, 5.41) is 25.5. The van der Waals surface area contributed by atoms with Crippen LogP contribution >= 0.6 is 0 Å². The van der Waals surface area contributed by atoms with Crippen molar-refractivity contribution in [3.8, 4) is 5.88 Å². The lowest BCUT2D eigenvalue weighted by molar-refractivity contribution is -0.116. The van der Waals surface area contributed by atoms with Crippen LogP contribution in [0.4, 0.5) is 0 Å². The van der Waals surface area contributed by atoms with Gasteiger partial charge >= 0.3 is 0 Å². The second-order valence-corrected chi connectivity index (χ2v) is 7.99. The predicted octanol–water partition coefficient (Wildman–Crippen LogP) is 1.98. The second-order valence-electron chi connectivity index (χ2n) is 7.99. The first kappa shape index (κ1) is 17.9. The Bertz CT molecular complexity index is 909. The summed E-state index contributed by atoms with van der Waals surface area (Å²) in [7, 11) is 3.95. The van der Waals surface area contributed by atoms with Gasteiger partial charge in [-0.05, 0) is 36.8 Å². The van der Waals surface area contributed by atoms with E-state index >= 15 is 0 Å². The minimum absolute atomic E-state index is 0.0305. The van der Waals surface area contributed by atoms with E-state index in [0.717, 1.165) is 17.6 Å². The highest BCUT2D eigenvalue weighted by Gasteiger charge is 2.66. The topological polar surface area (TPSA) is 88.2 Å². The lowest BCUT2D eigenvalue weighted by atomic mass is 9.64. The number of rotatable bonds is 5. The molecule has 1 aliphatic carbocycles. The highest BCUT2D eigenvalue weighted by atomic mass is 16.6. The van der Waals surface area contributed by atoms with Gasteiger partial charge in [-0.25, -0.2) is 0 Å². The third kappa shape index (κ3) is 2.34. The zero-order chi connectivity index (χ0) is 19.5. The van der Waals surface area contributed by atoms with E-state index in [2.05, 4.69) is 10.1 Å². The van der Waals surface area contributed by atoms with Gasteiger partial charge in [0, 0.05) is 5.92 Å². The normalized spacial score (nSPS) is 33.0. The van der Waals surface area contributed by atoms with Gasteiger partial charge in [-0.2, -0.15) is 0 Å². The minimum atomic E-state index is -1.01. The quantitative estimate of drug-likeness (QED) is 0.762. The maximum absolute atomic E-state index is 11.4. The molecule has 3 heterocycles. The average molecular weight is 384 g/mol. The highest BCUT2D eigenvalue weighted by molar-refractivity contribution is 5.47. The van der Waals surface area contributed by atoms with Gasteiger partial charge < -0.3 is 24.2 Å².